The highest BCUT2D eigenvalue weighted by Crippen LogP contribution is 2.16. The monoisotopic (exact) mass is 737 g/mol. The van der Waals surface area contributed by atoms with Crippen molar-refractivity contribution in [1.29, 1.82) is 0 Å². The standard InChI is InChI=1S/C46H88O6/c1-6-7-8-9-10-15-21-26-31-36-44(47)50-39-43(40-51-45(48)37-32-27-23-18-20-25-30-35-42(4)5)52-46(49)38-33-28-22-17-14-12-11-13-16-19-24-29-34-41(2)3/h41-43H,6-40H2,1-5H3/t43-/m0/s1. The maximum atomic E-state index is 12.7. The van der Waals surface area contributed by atoms with Crippen molar-refractivity contribution in [3.8, 4) is 0 Å². The van der Waals surface area contributed by atoms with Gasteiger partial charge in [0, 0.05) is 19.3 Å². The van der Waals surface area contributed by atoms with Crippen LogP contribution in [0.4, 0.5) is 0 Å². The zero-order valence-electron chi connectivity index (χ0n) is 35.4. The Balaban J connectivity index is 4.31. The summed E-state index contributed by atoms with van der Waals surface area (Å²) in [5.74, 6) is 0.752. The first-order valence-electron chi connectivity index (χ1n) is 22.7. The molecule has 6 nitrogen and oxygen atoms in total. The Kier molecular flexibility index (Phi) is 37.9. The van der Waals surface area contributed by atoms with Gasteiger partial charge in [0.1, 0.15) is 13.2 Å². The summed E-state index contributed by atoms with van der Waals surface area (Å²) in [4.78, 5) is 37.6. The van der Waals surface area contributed by atoms with Crippen LogP contribution in [0.3, 0.4) is 0 Å². The molecule has 0 heterocycles. The van der Waals surface area contributed by atoms with E-state index in [1.165, 1.54) is 135 Å². The van der Waals surface area contributed by atoms with Gasteiger partial charge in [-0.25, -0.2) is 0 Å². The summed E-state index contributed by atoms with van der Waals surface area (Å²) < 4.78 is 16.7. The molecule has 0 fully saturated rings. The second kappa shape index (κ2) is 39.1. The lowest BCUT2D eigenvalue weighted by Crippen LogP contribution is -2.30. The van der Waals surface area contributed by atoms with Gasteiger partial charge in [0.15, 0.2) is 6.10 Å². The van der Waals surface area contributed by atoms with Crippen LogP contribution in [-0.4, -0.2) is 37.2 Å². The van der Waals surface area contributed by atoms with E-state index in [1.54, 1.807) is 0 Å². The molecule has 0 aromatic carbocycles. The summed E-state index contributed by atoms with van der Waals surface area (Å²) >= 11 is 0. The molecular weight excluding hydrogens is 649 g/mol. The number of hydrogen-bond acceptors (Lipinski definition) is 6. The van der Waals surface area contributed by atoms with Crippen molar-refractivity contribution in [2.75, 3.05) is 13.2 Å². The normalized spacial score (nSPS) is 12.1. The van der Waals surface area contributed by atoms with Gasteiger partial charge in [-0.05, 0) is 31.1 Å². The fourth-order valence-corrected chi connectivity index (χ4v) is 6.75. The summed E-state index contributed by atoms with van der Waals surface area (Å²) in [6.07, 6.45) is 36.7. The van der Waals surface area contributed by atoms with Crippen molar-refractivity contribution in [1.82, 2.24) is 0 Å². The molecule has 6 heteroatoms. The van der Waals surface area contributed by atoms with Gasteiger partial charge in [0.05, 0.1) is 0 Å². The molecule has 308 valence electrons. The molecule has 0 amide bonds. The predicted molar refractivity (Wildman–Crippen MR) is 220 cm³/mol. The van der Waals surface area contributed by atoms with E-state index in [9.17, 15) is 14.4 Å². The third-order valence-electron chi connectivity index (χ3n) is 10.2. The number of ether oxygens (including phenoxy) is 3. The molecule has 0 aromatic rings. The van der Waals surface area contributed by atoms with E-state index in [4.69, 9.17) is 14.2 Å². The zero-order valence-corrected chi connectivity index (χ0v) is 35.4. The van der Waals surface area contributed by atoms with Crippen LogP contribution in [0.1, 0.15) is 247 Å². The topological polar surface area (TPSA) is 78.9 Å². The van der Waals surface area contributed by atoms with Gasteiger partial charge in [-0.1, -0.05) is 208 Å². The molecule has 0 unspecified atom stereocenters. The number of rotatable bonds is 40. The predicted octanol–water partition coefficient (Wildman–Crippen LogP) is 14.2. The summed E-state index contributed by atoms with van der Waals surface area (Å²) in [5.41, 5.74) is 0. The van der Waals surface area contributed by atoms with Gasteiger partial charge in [0.25, 0.3) is 0 Å². The Morgan fingerprint density at radius 3 is 0.942 bits per heavy atom. The van der Waals surface area contributed by atoms with Crippen LogP contribution in [0.15, 0.2) is 0 Å². The first-order valence-corrected chi connectivity index (χ1v) is 22.7. The Labute approximate surface area is 323 Å². The summed E-state index contributed by atoms with van der Waals surface area (Å²) in [7, 11) is 0. The molecule has 0 N–H and O–H groups in total. The third kappa shape index (κ3) is 39.6. The second-order valence-electron chi connectivity index (χ2n) is 16.6. The lowest BCUT2D eigenvalue weighted by molar-refractivity contribution is -0.167. The van der Waals surface area contributed by atoms with Crippen molar-refractivity contribution in [3.63, 3.8) is 0 Å². The molecule has 0 aliphatic rings. The maximum absolute atomic E-state index is 12.7. The Morgan fingerprint density at radius 2 is 0.635 bits per heavy atom. The summed E-state index contributed by atoms with van der Waals surface area (Å²) in [5, 5.41) is 0. The first kappa shape index (κ1) is 50.4. The number of esters is 3. The fourth-order valence-electron chi connectivity index (χ4n) is 6.75. The SMILES string of the molecule is CCCCCCCCCCCC(=O)OC[C@@H](COC(=O)CCCCCCCCCC(C)C)OC(=O)CCCCCCCCCCCCCCC(C)C. The van der Waals surface area contributed by atoms with Gasteiger partial charge in [-0.2, -0.15) is 0 Å². The van der Waals surface area contributed by atoms with Crippen LogP contribution in [0.25, 0.3) is 0 Å². The van der Waals surface area contributed by atoms with E-state index in [-0.39, 0.29) is 31.1 Å². The van der Waals surface area contributed by atoms with Crippen LogP contribution in [-0.2, 0) is 28.6 Å². The molecule has 52 heavy (non-hydrogen) atoms. The summed E-state index contributed by atoms with van der Waals surface area (Å²) in [6, 6.07) is 0. The second-order valence-corrected chi connectivity index (χ2v) is 16.6. The molecule has 0 radical (unpaired) electrons. The zero-order chi connectivity index (χ0) is 38.3. The molecule has 0 rings (SSSR count). The molecule has 0 aromatic heterocycles. The van der Waals surface area contributed by atoms with Gasteiger partial charge in [0.2, 0.25) is 0 Å². The first-order chi connectivity index (χ1) is 25.2. The van der Waals surface area contributed by atoms with E-state index in [1.807, 2.05) is 0 Å². The Bertz CT molecular complexity index is 794. The van der Waals surface area contributed by atoms with Crippen molar-refractivity contribution in [2.45, 2.75) is 253 Å². The van der Waals surface area contributed by atoms with E-state index < -0.39 is 6.10 Å². The quantitative estimate of drug-likeness (QED) is 0.0354. The highest BCUT2D eigenvalue weighted by molar-refractivity contribution is 5.71. The largest absolute Gasteiger partial charge is 0.462 e. The van der Waals surface area contributed by atoms with Crippen LogP contribution < -0.4 is 0 Å². The molecule has 0 bridgehead atoms. The van der Waals surface area contributed by atoms with E-state index in [0.717, 1.165) is 69.6 Å². The van der Waals surface area contributed by atoms with Crippen LogP contribution >= 0.6 is 0 Å². The smallest absolute Gasteiger partial charge is 0.306 e. The van der Waals surface area contributed by atoms with Gasteiger partial charge >= 0.3 is 17.9 Å². The molecular formula is C46H88O6. The lowest BCUT2D eigenvalue weighted by Gasteiger charge is -2.18. The van der Waals surface area contributed by atoms with E-state index >= 15 is 0 Å². The molecule has 0 saturated carbocycles. The summed E-state index contributed by atoms with van der Waals surface area (Å²) in [6.45, 7) is 11.3. The number of carbonyl (C=O) groups is 3. The van der Waals surface area contributed by atoms with E-state index in [0.29, 0.717) is 19.3 Å². The minimum Gasteiger partial charge on any atom is -0.462 e. The molecule has 0 saturated heterocycles. The van der Waals surface area contributed by atoms with Crippen molar-refractivity contribution in [2.24, 2.45) is 11.8 Å². The average molecular weight is 737 g/mol. The Hall–Kier alpha value is -1.59. The third-order valence-corrected chi connectivity index (χ3v) is 10.2. The molecule has 0 aliphatic heterocycles. The number of unbranched alkanes of at least 4 members (excludes halogenated alkanes) is 25. The van der Waals surface area contributed by atoms with Gasteiger partial charge in [-0.3, -0.25) is 14.4 Å². The highest BCUT2D eigenvalue weighted by atomic mass is 16.6. The van der Waals surface area contributed by atoms with E-state index in [2.05, 4.69) is 34.6 Å². The van der Waals surface area contributed by atoms with Gasteiger partial charge < -0.3 is 14.2 Å². The fraction of sp³-hybridized carbons (Fsp3) is 0.935. The molecule has 1 atom stereocenters. The number of carbonyl (C=O) groups excluding carboxylic acids is 3. The number of hydrogen-bond donors (Lipinski definition) is 0. The van der Waals surface area contributed by atoms with Crippen LogP contribution in [0.5, 0.6) is 0 Å². The van der Waals surface area contributed by atoms with Crippen molar-refractivity contribution in [3.05, 3.63) is 0 Å². The highest BCUT2D eigenvalue weighted by Gasteiger charge is 2.19. The van der Waals surface area contributed by atoms with Gasteiger partial charge in [-0.15, -0.1) is 0 Å². The lowest BCUT2D eigenvalue weighted by atomic mass is 10.0. The molecule has 0 aliphatic carbocycles. The minimum atomic E-state index is -0.760. The van der Waals surface area contributed by atoms with Crippen LogP contribution in [0, 0.1) is 11.8 Å². The Morgan fingerprint density at radius 1 is 0.365 bits per heavy atom. The average Bonchev–Trinajstić information content (AvgIpc) is 3.11. The van der Waals surface area contributed by atoms with Crippen molar-refractivity contribution < 1.29 is 28.6 Å². The molecule has 0 spiro atoms. The van der Waals surface area contributed by atoms with Crippen LogP contribution in [0.2, 0.25) is 0 Å². The maximum Gasteiger partial charge on any atom is 0.306 e. The van der Waals surface area contributed by atoms with Crippen molar-refractivity contribution >= 4 is 17.9 Å². The minimum absolute atomic E-state index is 0.0654.